The van der Waals surface area contributed by atoms with E-state index < -0.39 is 0 Å². The molecule has 0 aliphatic heterocycles. The molecule has 0 aromatic rings. The Morgan fingerprint density at radius 1 is 1.56 bits per heavy atom. The van der Waals surface area contributed by atoms with Crippen molar-refractivity contribution in [1.29, 1.82) is 0 Å². The van der Waals surface area contributed by atoms with Gasteiger partial charge in [0.15, 0.2) is 5.78 Å². The topological polar surface area (TPSA) is 26.3 Å². The summed E-state index contributed by atoms with van der Waals surface area (Å²) in [5.74, 6) is 1.77. The molecule has 2 heteroatoms. The van der Waals surface area contributed by atoms with Crippen molar-refractivity contribution in [3.63, 3.8) is 0 Å². The van der Waals surface area contributed by atoms with Crippen LogP contribution >= 0.6 is 0 Å². The van der Waals surface area contributed by atoms with Crippen molar-refractivity contribution in [2.45, 2.75) is 40.0 Å². The van der Waals surface area contributed by atoms with Gasteiger partial charge in [0.25, 0.3) is 0 Å². The number of carbonyl (C=O) groups is 1. The molecular formula is C14H22O2. The molecule has 0 heterocycles. The number of hydrogen-bond acceptors (Lipinski definition) is 2. The fraction of sp³-hybridized carbons (Fsp3) is 0.786. The summed E-state index contributed by atoms with van der Waals surface area (Å²) in [5, 5.41) is 0. The van der Waals surface area contributed by atoms with Gasteiger partial charge in [-0.2, -0.15) is 0 Å². The van der Waals surface area contributed by atoms with E-state index >= 15 is 0 Å². The lowest BCUT2D eigenvalue weighted by molar-refractivity contribution is -0.123. The second kappa shape index (κ2) is 4.33. The molecule has 2 atom stereocenters. The van der Waals surface area contributed by atoms with E-state index in [2.05, 4.69) is 19.9 Å². The third-order valence-corrected chi connectivity index (χ3v) is 4.51. The molecule has 16 heavy (non-hydrogen) atoms. The summed E-state index contributed by atoms with van der Waals surface area (Å²) in [6.07, 6.45) is 5.43. The third-order valence-electron chi connectivity index (χ3n) is 4.51. The van der Waals surface area contributed by atoms with Gasteiger partial charge in [0.1, 0.15) is 6.61 Å². The number of rotatable bonds is 5. The van der Waals surface area contributed by atoms with Crippen LogP contribution in [0.4, 0.5) is 0 Å². The molecular weight excluding hydrogens is 200 g/mol. The van der Waals surface area contributed by atoms with E-state index in [0.717, 1.165) is 5.92 Å². The van der Waals surface area contributed by atoms with Crippen LogP contribution in [0.15, 0.2) is 11.6 Å². The number of allylic oxidation sites excluding steroid dienone is 1. The Morgan fingerprint density at radius 3 is 2.88 bits per heavy atom. The third kappa shape index (κ3) is 1.95. The zero-order chi connectivity index (χ0) is 11.8. The standard InChI is InChI=1S/C14H22O2/c1-4-12(15)9-16-8-10-5-6-11-7-13(10)14(11,2)3/h5,11,13H,4,6-9H2,1-3H3. The summed E-state index contributed by atoms with van der Waals surface area (Å²) >= 11 is 0. The smallest absolute Gasteiger partial charge is 0.158 e. The summed E-state index contributed by atoms with van der Waals surface area (Å²) < 4.78 is 5.50. The molecule has 3 aliphatic carbocycles. The monoisotopic (exact) mass is 222 g/mol. The molecule has 2 nitrogen and oxygen atoms in total. The molecule has 90 valence electrons. The molecule has 0 aromatic heterocycles. The highest BCUT2D eigenvalue weighted by atomic mass is 16.5. The quantitative estimate of drug-likeness (QED) is 0.668. The van der Waals surface area contributed by atoms with Gasteiger partial charge in [-0.05, 0) is 35.7 Å². The first kappa shape index (κ1) is 11.8. The molecule has 3 aliphatic rings. The highest BCUT2D eigenvalue weighted by Crippen LogP contribution is 2.59. The molecule has 1 fully saturated rings. The first-order valence-electron chi connectivity index (χ1n) is 6.34. The molecule has 0 radical (unpaired) electrons. The Balaban J connectivity index is 1.83. The minimum absolute atomic E-state index is 0.196. The summed E-state index contributed by atoms with van der Waals surface area (Å²) in [6, 6.07) is 0. The predicted octanol–water partition coefficient (Wildman–Crippen LogP) is 2.97. The number of Topliss-reactive ketones (excluding diaryl/α,β-unsaturated/α-hetero) is 1. The molecule has 0 N–H and O–H groups in total. The van der Waals surface area contributed by atoms with Crippen molar-refractivity contribution < 1.29 is 9.53 Å². The average molecular weight is 222 g/mol. The van der Waals surface area contributed by atoms with Crippen LogP contribution < -0.4 is 0 Å². The lowest BCUT2D eigenvalue weighted by Gasteiger charge is -2.56. The van der Waals surface area contributed by atoms with Gasteiger partial charge in [-0.3, -0.25) is 4.79 Å². The Hall–Kier alpha value is -0.630. The van der Waals surface area contributed by atoms with Gasteiger partial charge in [-0.1, -0.05) is 26.8 Å². The lowest BCUT2D eigenvalue weighted by Crippen LogP contribution is -2.48. The second-order valence-corrected chi connectivity index (χ2v) is 5.71. The first-order chi connectivity index (χ1) is 7.55. The summed E-state index contributed by atoms with van der Waals surface area (Å²) in [7, 11) is 0. The Morgan fingerprint density at radius 2 is 2.31 bits per heavy atom. The number of ether oxygens (including phenoxy) is 1. The van der Waals surface area contributed by atoms with Crippen LogP contribution in [0.25, 0.3) is 0 Å². The summed E-state index contributed by atoms with van der Waals surface area (Å²) in [5.41, 5.74) is 1.89. The minimum atomic E-state index is 0.196. The molecule has 0 aromatic carbocycles. The first-order valence-corrected chi connectivity index (χ1v) is 6.34. The number of fused-ring (bicyclic) bond motifs is 1. The van der Waals surface area contributed by atoms with Crippen LogP contribution in [-0.2, 0) is 9.53 Å². The molecule has 0 saturated heterocycles. The molecule has 1 saturated carbocycles. The molecule has 2 unspecified atom stereocenters. The van der Waals surface area contributed by atoms with Crippen LogP contribution in [0.2, 0.25) is 0 Å². The zero-order valence-corrected chi connectivity index (χ0v) is 10.6. The van der Waals surface area contributed by atoms with Gasteiger partial charge in [-0.15, -0.1) is 0 Å². The van der Waals surface area contributed by atoms with Gasteiger partial charge < -0.3 is 4.74 Å². The maximum Gasteiger partial charge on any atom is 0.158 e. The number of ketones is 1. The van der Waals surface area contributed by atoms with Crippen LogP contribution in [0, 0.1) is 17.3 Å². The maximum atomic E-state index is 11.1. The van der Waals surface area contributed by atoms with Gasteiger partial charge in [-0.25, -0.2) is 0 Å². The maximum absolute atomic E-state index is 11.1. The molecule has 0 amide bonds. The molecule has 3 rings (SSSR count). The largest absolute Gasteiger partial charge is 0.369 e. The normalized spacial score (nSPS) is 30.6. The number of hydrogen-bond donors (Lipinski definition) is 0. The van der Waals surface area contributed by atoms with Crippen molar-refractivity contribution in [2.24, 2.45) is 17.3 Å². The van der Waals surface area contributed by atoms with Crippen molar-refractivity contribution in [2.75, 3.05) is 13.2 Å². The SMILES string of the molecule is CCC(=O)COCC1=CCC2CC1C2(C)C. The minimum Gasteiger partial charge on any atom is -0.369 e. The van der Waals surface area contributed by atoms with E-state index in [1.54, 1.807) is 0 Å². The van der Waals surface area contributed by atoms with Crippen molar-refractivity contribution in [3.8, 4) is 0 Å². The average Bonchev–Trinajstić information content (AvgIpc) is 2.28. The Bertz CT molecular complexity index is 315. The van der Waals surface area contributed by atoms with E-state index in [9.17, 15) is 4.79 Å². The highest BCUT2D eigenvalue weighted by Gasteiger charge is 2.50. The fourth-order valence-electron chi connectivity index (χ4n) is 3.03. The van der Waals surface area contributed by atoms with Crippen molar-refractivity contribution in [3.05, 3.63) is 11.6 Å². The van der Waals surface area contributed by atoms with E-state index in [1.165, 1.54) is 18.4 Å². The highest BCUT2D eigenvalue weighted by molar-refractivity contribution is 5.79. The lowest BCUT2D eigenvalue weighted by atomic mass is 9.49. The van der Waals surface area contributed by atoms with Crippen molar-refractivity contribution in [1.82, 2.24) is 0 Å². The van der Waals surface area contributed by atoms with Crippen molar-refractivity contribution >= 4 is 5.78 Å². The van der Waals surface area contributed by atoms with E-state index in [1.807, 2.05) is 6.92 Å². The van der Waals surface area contributed by atoms with Gasteiger partial charge in [0, 0.05) is 6.42 Å². The Kier molecular flexibility index (Phi) is 3.20. The van der Waals surface area contributed by atoms with Crippen LogP contribution in [0.1, 0.15) is 40.0 Å². The van der Waals surface area contributed by atoms with E-state index in [4.69, 9.17) is 4.74 Å². The van der Waals surface area contributed by atoms with E-state index in [0.29, 0.717) is 24.4 Å². The van der Waals surface area contributed by atoms with Gasteiger partial charge in [0.05, 0.1) is 6.61 Å². The fourth-order valence-corrected chi connectivity index (χ4v) is 3.03. The van der Waals surface area contributed by atoms with Gasteiger partial charge >= 0.3 is 0 Å². The summed E-state index contributed by atoms with van der Waals surface area (Å²) in [4.78, 5) is 11.1. The number of carbonyl (C=O) groups excluding carboxylic acids is 1. The van der Waals surface area contributed by atoms with Gasteiger partial charge in [0.2, 0.25) is 0 Å². The second-order valence-electron chi connectivity index (χ2n) is 5.71. The zero-order valence-electron chi connectivity index (χ0n) is 10.6. The van der Waals surface area contributed by atoms with Crippen LogP contribution in [0.3, 0.4) is 0 Å². The summed E-state index contributed by atoms with van der Waals surface area (Å²) in [6.45, 7) is 7.54. The molecule has 0 spiro atoms. The molecule has 2 bridgehead atoms. The van der Waals surface area contributed by atoms with E-state index in [-0.39, 0.29) is 12.4 Å². The Labute approximate surface area is 98.1 Å². The predicted molar refractivity (Wildman–Crippen MR) is 64.2 cm³/mol. The van der Waals surface area contributed by atoms with Crippen LogP contribution in [0.5, 0.6) is 0 Å². The van der Waals surface area contributed by atoms with Crippen LogP contribution in [-0.4, -0.2) is 19.0 Å².